The monoisotopic (exact) mass is 403 g/mol. The van der Waals surface area contributed by atoms with Gasteiger partial charge in [0.1, 0.15) is 24.1 Å². The Morgan fingerprint density at radius 2 is 2.10 bits per heavy atom. The van der Waals surface area contributed by atoms with Gasteiger partial charge in [-0.25, -0.2) is 9.97 Å². The third-order valence-electron chi connectivity index (χ3n) is 5.33. The van der Waals surface area contributed by atoms with Crippen molar-refractivity contribution >= 4 is 17.4 Å². The highest BCUT2D eigenvalue weighted by Gasteiger charge is 2.27. The first-order valence-corrected chi connectivity index (χ1v) is 9.81. The van der Waals surface area contributed by atoms with E-state index < -0.39 is 0 Å². The molecule has 152 valence electrons. The molecule has 8 nitrogen and oxygen atoms in total. The maximum atomic E-state index is 12.5. The van der Waals surface area contributed by atoms with E-state index in [1.165, 1.54) is 10.5 Å². The van der Waals surface area contributed by atoms with E-state index >= 15 is 0 Å². The maximum absolute atomic E-state index is 12.5. The molecule has 30 heavy (non-hydrogen) atoms. The third kappa shape index (κ3) is 4.01. The summed E-state index contributed by atoms with van der Waals surface area (Å²) in [6, 6.07) is 10.7. The minimum absolute atomic E-state index is 0.0176. The van der Waals surface area contributed by atoms with Crippen molar-refractivity contribution in [1.29, 1.82) is 5.26 Å². The standard InChI is InChI=1S/C22H21N5O3/c1-15-3-2-8-27-20(28)11-18(25-21(15)27)14-30-22(29)17-6-9-26(10-7-17)19-5-4-16(12-23)13-24-19/h2-5,8,11,13,17H,6-7,9-10,14H2,1H3. The fraction of sp³-hybridized carbons (Fsp3) is 0.318. The average molecular weight is 403 g/mol. The van der Waals surface area contributed by atoms with Crippen LogP contribution in [0.4, 0.5) is 5.82 Å². The SMILES string of the molecule is Cc1cccn2c(=O)cc(COC(=O)C3CCN(c4ccc(C#N)cn4)CC3)nc12. The van der Waals surface area contributed by atoms with Crippen molar-refractivity contribution in [3.63, 3.8) is 0 Å². The number of esters is 1. The summed E-state index contributed by atoms with van der Waals surface area (Å²) in [5.74, 6) is 0.342. The second-order valence-electron chi connectivity index (χ2n) is 7.36. The van der Waals surface area contributed by atoms with Gasteiger partial charge < -0.3 is 9.64 Å². The number of aryl methyl sites for hydroxylation is 1. The first-order chi connectivity index (χ1) is 14.5. The van der Waals surface area contributed by atoms with Crippen molar-refractivity contribution in [2.24, 2.45) is 5.92 Å². The summed E-state index contributed by atoms with van der Waals surface area (Å²) in [7, 11) is 0. The quantitative estimate of drug-likeness (QED) is 0.616. The molecule has 0 saturated carbocycles. The molecule has 0 aliphatic carbocycles. The predicted octanol–water partition coefficient (Wildman–Crippen LogP) is 2.23. The van der Waals surface area contributed by atoms with Crippen molar-refractivity contribution in [3.8, 4) is 6.07 Å². The second kappa shape index (κ2) is 8.33. The van der Waals surface area contributed by atoms with E-state index in [-0.39, 0.29) is 24.1 Å². The molecule has 1 fully saturated rings. The van der Waals surface area contributed by atoms with Crippen LogP contribution in [0.25, 0.3) is 5.65 Å². The van der Waals surface area contributed by atoms with Crippen LogP contribution >= 0.6 is 0 Å². The summed E-state index contributed by atoms with van der Waals surface area (Å²) in [4.78, 5) is 35.6. The largest absolute Gasteiger partial charge is 0.459 e. The maximum Gasteiger partial charge on any atom is 0.309 e. The van der Waals surface area contributed by atoms with Crippen molar-refractivity contribution in [2.75, 3.05) is 18.0 Å². The molecule has 4 heterocycles. The number of hydrogen-bond acceptors (Lipinski definition) is 7. The number of nitrogens with zero attached hydrogens (tertiary/aromatic N) is 5. The molecule has 3 aromatic heterocycles. The number of pyridine rings is 2. The number of ether oxygens (including phenoxy) is 1. The van der Waals surface area contributed by atoms with Crippen LogP contribution < -0.4 is 10.5 Å². The zero-order valence-electron chi connectivity index (χ0n) is 16.6. The topological polar surface area (TPSA) is 101 Å². The number of piperidine rings is 1. The van der Waals surface area contributed by atoms with E-state index in [0.29, 0.717) is 42.8 Å². The van der Waals surface area contributed by atoms with Crippen LogP contribution in [-0.2, 0) is 16.1 Å². The molecule has 3 aromatic rings. The Morgan fingerprint density at radius 1 is 1.30 bits per heavy atom. The van der Waals surface area contributed by atoms with Gasteiger partial charge in [0.05, 0.1) is 17.2 Å². The number of carbonyl (C=O) groups excluding carboxylic acids is 1. The number of aromatic nitrogens is 3. The molecule has 1 saturated heterocycles. The van der Waals surface area contributed by atoms with Gasteiger partial charge >= 0.3 is 5.97 Å². The zero-order valence-corrected chi connectivity index (χ0v) is 16.6. The molecule has 0 atom stereocenters. The Kier molecular flexibility index (Phi) is 5.44. The molecule has 8 heteroatoms. The lowest BCUT2D eigenvalue weighted by atomic mass is 9.97. The minimum atomic E-state index is -0.269. The Morgan fingerprint density at radius 3 is 2.80 bits per heavy atom. The van der Waals surface area contributed by atoms with E-state index in [1.54, 1.807) is 24.5 Å². The van der Waals surface area contributed by atoms with Crippen LogP contribution in [0.1, 0.15) is 29.7 Å². The molecule has 0 radical (unpaired) electrons. The number of hydrogen-bond donors (Lipinski definition) is 0. The van der Waals surface area contributed by atoms with Gasteiger partial charge in [0.2, 0.25) is 0 Å². The van der Waals surface area contributed by atoms with Gasteiger partial charge in [-0.15, -0.1) is 0 Å². The first kappa shape index (κ1) is 19.6. The number of carbonyl (C=O) groups is 1. The number of nitriles is 1. The van der Waals surface area contributed by atoms with Crippen molar-refractivity contribution in [3.05, 3.63) is 69.9 Å². The van der Waals surface area contributed by atoms with Gasteiger partial charge in [0.15, 0.2) is 0 Å². The highest BCUT2D eigenvalue weighted by atomic mass is 16.5. The molecule has 0 amide bonds. The average Bonchev–Trinajstić information content (AvgIpc) is 2.78. The summed E-state index contributed by atoms with van der Waals surface area (Å²) in [5, 5.41) is 8.87. The van der Waals surface area contributed by atoms with Crippen LogP contribution in [0.3, 0.4) is 0 Å². The van der Waals surface area contributed by atoms with E-state index in [4.69, 9.17) is 10.00 Å². The Bertz CT molecular complexity index is 1170. The molecule has 1 aliphatic rings. The van der Waals surface area contributed by atoms with E-state index in [9.17, 15) is 9.59 Å². The zero-order chi connectivity index (χ0) is 21.1. The summed E-state index contributed by atoms with van der Waals surface area (Å²) in [5.41, 5.74) is 2.22. The lowest BCUT2D eigenvalue weighted by molar-refractivity contribution is -0.150. The Labute approximate surface area is 173 Å². The number of anilines is 1. The van der Waals surface area contributed by atoms with E-state index in [0.717, 1.165) is 11.4 Å². The summed E-state index contributed by atoms with van der Waals surface area (Å²) >= 11 is 0. The molecule has 0 spiro atoms. The fourth-order valence-electron chi connectivity index (χ4n) is 3.63. The Hall–Kier alpha value is -3.73. The molecular formula is C22H21N5O3. The van der Waals surface area contributed by atoms with E-state index in [2.05, 4.69) is 20.9 Å². The lowest BCUT2D eigenvalue weighted by Crippen LogP contribution is -2.37. The predicted molar refractivity (Wildman–Crippen MR) is 110 cm³/mol. The van der Waals surface area contributed by atoms with Crippen molar-refractivity contribution in [2.45, 2.75) is 26.4 Å². The van der Waals surface area contributed by atoms with Crippen LogP contribution in [-0.4, -0.2) is 33.4 Å². The first-order valence-electron chi connectivity index (χ1n) is 9.81. The van der Waals surface area contributed by atoms with Crippen LogP contribution in [0.15, 0.2) is 47.5 Å². The van der Waals surface area contributed by atoms with Gasteiger partial charge in [-0.05, 0) is 43.5 Å². The Balaban J connectivity index is 1.35. The van der Waals surface area contributed by atoms with Crippen molar-refractivity contribution < 1.29 is 9.53 Å². The van der Waals surface area contributed by atoms with Gasteiger partial charge in [-0.2, -0.15) is 5.26 Å². The van der Waals surface area contributed by atoms with Gasteiger partial charge in [-0.1, -0.05) is 6.07 Å². The summed E-state index contributed by atoms with van der Waals surface area (Å²) < 4.78 is 6.94. The second-order valence-corrected chi connectivity index (χ2v) is 7.36. The third-order valence-corrected chi connectivity index (χ3v) is 5.33. The molecule has 4 rings (SSSR count). The van der Waals surface area contributed by atoms with Crippen LogP contribution in [0.5, 0.6) is 0 Å². The smallest absolute Gasteiger partial charge is 0.309 e. The highest BCUT2D eigenvalue weighted by Crippen LogP contribution is 2.23. The van der Waals surface area contributed by atoms with Gasteiger partial charge in [0.25, 0.3) is 5.56 Å². The van der Waals surface area contributed by atoms with E-state index in [1.807, 2.05) is 19.1 Å². The van der Waals surface area contributed by atoms with Crippen LogP contribution in [0, 0.1) is 24.2 Å². The highest BCUT2D eigenvalue weighted by molar-refractivity contribution is 5.72. The molecule has 1 aliphatic heterocycles. The van der Waals surface area contributed by atoms with Gasteiger partial charge in [0, 0.05) is 31.5 Å². The molecule has 0 bridgehead atoms. The molecule has 0 unspecified atom stereocenters. The minimum Gasteiger partial charge on any atom is -0.459 e. The molecule has 0 aromatic carbocycles. The molecular weight excluding hydrogens is 382 g/mol. The van der Waals surface area contributed by atoms with Crippen LogP contribution in [0.2, 0.25) is 0 Å². The lowest BCUT2D eigenvalue weighted by Gasteiger charge is -2.31. The molecule has 0 N–H and O–H groups in total. The number of fused-ring (bicyclic) bond motifs is 1. The van der Waals surface area contributed by atoms with Gasteiger partial charge in [-0.3, -0.25) is 14.0 Å². The summed E-state index contributed by atoms with van der Waals surface area (Å²) in [6.45, 7) is 3.24. The fourth-order valence-corrected chi connectivity index (χ4v) is 3.63. The summed E-state index contributed by atoms with van der Waals surface area (Å²) in [6.07, 6.45) is 4.54. The number of rotatable bonds is 4. The van der Waals surface area contributed by atoms with Crippen molar-refractivity contribution in [1.82, 2.24) is 14.4 Å². The normalized spacial score (nSPS) is 14.5.